The predicted octanol–water partition coefficient (Wildman–Crippen LogP) is -1.02. The lowest BCUT2D eigenvalue weighted by Crippen LogP contribution is -2.54. The summed E-state index contributed by atoms with van der Waals surface area (Å²) >= 11 is 0. The molecule has 0 bridgehead atoms. The first kappa shape index (κ1) is 7.50. The van der Waals surface area contributed by atoms with Crippen LogP contribution < -0.4 is 11.5 Å². The number of hydrogen-bond acceptors (Lipinski definition) is 4. The van der Waals surface area contributed by atoms with E-state index in [0.29, 0.717) is 6.42 Å². The van der Waals surface area contributed by atoms with Crippen molar-refractivity contribution in [3.05, 3.63) is 0 Å². The minimum absolute atomic E-state index is 0.277. The third kappa shape index (κ3) is 1.46. The van der Waals surface area contributed by atoms with Gasteiger partial charge in [0.15, 0.2) is 0 Å². The van der Waals surface area contributed by atoms with Crippen LogP contribution in [0.1, 0.15) is 13.3 Å². The summed E-state index contributed by atoms with van der Waals surface area (Å²) in [6.45, 7) is 2.10. The molecule has 4 heteroatoms. The van der Waals surface area contributed by atoms with Crippen molar-refractivity contribution in [2.75, 3.05) is 6.61 Å². The third-order valence-corrected chi connectivity index (χ3v) is 1.53. The molecule has 0 spiro atoms. The van der Waals surface area contributed by atoms with E-state index < -0.39 is 11.6 Å². The van der Waals surface area contributed by atoms with Gasteiger partial charge < -0.3 is 16.2 Å². The van der Waals surface area contributed by atoms with E-state index in [2.05, 4.69) is 0 Å². The van der Waals surface area contributed by atoms with Gasteiger partial charge >= 0.3 is 5.97 Å². The van der Waals surface area contributed by atoms with Crippen molar-refractivity contribution in [2.24, 2.45) is 11.5 Å². The second-order valence-electron chi connectivity index (χ2n) is 3.07. The number of carbonyl (C=O) groups excluding carboxylic acids is 1. The van der Waals surface area contributed by atoms with Gasteiger partial charge in [0.1, 0.15) is 12.6 Å². The largest absolute Gasteiger partial charge is 0.463 e. The molecule has 0 radical (unpaired) electrons. The van der Waals surface area contributed by atoms with Crippen LogP contribution in [0, 0.1) is 0 Å². The van der Waals surface area contributed by atoms with E-state index in [1.807, 2.05) is 6.92 Å². The quantitative estimate of drug-likeness (QED) is 0.426. The average Bonchev–Trinajstić information content (AvgIpc) is 1.79. The lowest BCUT2D eigenvalue weighted by Gasteiger charge is -2.31. The normalized spacial score (nSPS) is 41.1. The Morgan fingerprint density at radius 2 is 2.40 bits per heavy atom. The number of ether oxygens (including phenoxy) is 1. The molecule has 0 aliphatic carbocycles. The number of cyclic esters (lactones) is 1. The highest BCUT2D eigenvalue weighted by Gasteiger charge is 2.33. The molecule has 2 atom stereocenters. The van der Waals surface area contributed by atoms with Crippen molar-refractivity contribution in [1.29, 1.82) is 0 Å². The van der Waals surface area contributed by atoms with Gasteiger partial charge in [-0.2, -0.15) is 0 Å². The van der Waals surface area contributed by atoms with Gasteiger partial charge in [-0.3, -0.25) is 4.79 Å². The fraction of sp³-hybridized carbons (Fsp3) is 0.833. The van der Waals surface area contributed by atoms with Gasteiger partial charge in [0.05, 0.1) is 0 Å². The molecule has 0 aromatic carbocycles. The van der Waals surface area contributed by atoms with E-state index in [-0.39, 0.29) is 12.6 Å². The Labute approximate surface area is 59.5 Å². The van der Waals surface area contributed by atoms with Crippen molar-refractivity contribution in [1.82, 2.24) is 0 Å². The Bertz CT molecular complexity index is 156. The highest BCUT2D eigenvalue weighted by molar-refractivity contribution is 5.76. The first-order valence-electron chi connectivity index (χ1n) is 3.22. The van der Waals surface area contributed by atoms with Crippen LogP contribution in [0.2, 0.25) is 0 Å². The SMILES string of the molecule is CC1(N)COC(=O)C(N)C1. The molecule has 1 aliphatic heterocycles. The fourth-order valence-corrected chi connectivity index (χ4v) is 0.988. The van der Waals surface area contributed by atoms with Crippen molar-refractivity contribution < 1.29 is 9.53 Å². The number of rotatable bonds is 0. The van der Waals surface area contributed by atoms with Gasteiger partial charge in [0.25, 0.3) is 0 Å². The molecule has 4 nitrogen and oxygen atoms in total. The first-order chi connectivity index (χ1) is 4.51. The van der Waals surface area contributed by atoms with Crippen molar-refractivity contribution in [3.63, 3.8) is 0 Å². The molecule has 1 heterocycles. The summed E-state index contributed by atoms with van der Waals surface area (Å²) in [5, 5.41) is 0. The molecule has 10 heavy (non-hydrogen) atoms. The summed E-state index contributed by atoms with van der Waals surface area (Å²) in [6.07, 6.45) is 0.506. The molecule has 1 saturated heterocycles. The van der Waals surface area contributed by atoms with E-state index in [1.54, 1.807) is 0 Å². The lowest BCUT2D eigenvalue weighted by molar-refractivity contribution is -0.152. The van der Waals surface area contributed by atoms with Crippen LogP contribution in [0.4, 0.5) is 0 Å². The fourth-order valence-electron chi connectivity index (χ4n) is 0.988. The number of esters is 1. The highest BCUT2D eigenvalue weighted by Crippen LogP contribution is 2.14. The van der Waals surface area contributed by atoms with E-state index in [9.17, 15) is 4.79 Å². The van der Waals surface area contributed by atoms with E-state index in [0.717, 1.165) is 0 Å². The maximum absolute atomic E-state index is 10.7. The Hall–Kier alpha value is -0.610. The summed E-state index contributed by atoms with van der Waals surface area (Å²) in [5.74, 6) is -0.345. The molecule has 1 aliphatic rings. The highest BCUT2D eigenvalue weighted by atomic mass is 16.5. The van der Waals surface area contributed by atoms with Crippen molar-refractivity contribution >= 4 is 5.97 Å². The maximum Gasteiger partial charge on any atom is 0.323 e. The first-order valence-corrected chi connectivity index (χ1v) is 3.22. The number of hydrogen-bond donors (Lipinski definition) is 2. The predicted molar refractivity (Wildman–Crippen MR) is 36.1 cm³/mol. The summed E-state index contributed by atoms with van der Waals surface area (Å²) in [4.78, 5) is 10.7. The molecule has 0 aromatic heterocycles. The number of carbonyl (C=O) groups is 1. The molecule has 0 amide bonds. The summed E-state index contributed by atoms with van der Waals surface area (Å²) in [7, 11) is 0. The van der Waals surface area contributed by atoms with Gasteiger partial charge in [-0.1, -0.05) is 0 Å². The standard InChI is InChI=1S/C6H12N2O2/c1-6(8)2-4(7)5(9)10-3-6/h4H,2-3,7-8H2,1H3. The minimum Gasteiger partial charge on any atom is -0.463 e. The van der Waals surface area contributed by atoms with Gasteiger partial charge in [0, 0.05) is 5.54 Å². The summed E-state index contributed by atoms with van der Waals surface area (Å²) in [5.41, 5.74) is 10.6. The third-order valence-electron chi connectivity index (χ3n) is 1.53. The second kappa shape index (κ2) is 2.21. The van der Waals surface area contributed by atoms with Crippen LogP contribution in [0.5, 0.6) is 0 Å². The maximum atomic E-state index is 10.7. The van der Waals surface area contributed by atoms with Gasteiger partial charge in [-0.15, -0.1) is 0 Å². The Kier molecular flexibility index (Phi) is 1.66. The average molecular weight is 144 g/mol. The van der Waals surface area contributed by atoms with Gasteiger partial charge in [0.2, 0.25) is 0 Å². The van der Waals surface area contributed by atoms with Crippen LogP contribution in [-0.2, 0) is 9.53 Å². The molecule has 1 fully saturated rings. The Morgan fingerprint density at radius 1 is 1.80 bits per heavy atom. The van der Waals surface area contributed by atoms with E-state index >= 15 is 0 Å². The zero-order valence-electron chi connectivity index (χ0n) is 5.96. The Balaban J connectivity index is 2.57. The molecular formula is C6H12N2O2. The molecule has 1 rings (SSSR count). The molecule has 58 valence electrons. The zero-order valence-corrected chi connectivity index (χ0v) is 5.96. The molecular weight excluding hydrogens is 132 g/mol. The lowest BCUT2D eigenvalue weighted by atomic mass is 9.93. The molecule has 4 N–H and O–H groups in total. The monoisotopic (exact) mass is 144 g/mol. The van der Waals surface area contributed by atoms with E-state index in [4.69, 9.17) is 16.2 Å². The topological polar surface area (TPSA) is 78.3 Å². The van der Waals surface area contributed by atoms with Gasteiger partial charge in [-0.25, -0.2) is 0 Å². The van der Waals surface area contributed by atoms with E-state index in [1.165, 1.54) is 0 Å². The summed E-state index contributed by atoms with van der Waals surface area (Å²) < 4.78 is 4.72. The minimum atomic E-state index is -0.538. The van der Waals surface area contributed by atoms with Crippen LogP contribution in [-0.4, -0.2) is 24.2 Å². The molecule has 2 unspecified atom stereocenters. The zero-order chi connectivity index (χ0) is 7.78. The van der Waals surface area contributed by atoms with Crippen LogP contribution in [0.3, 0.4) is 0 Å². The van der Waals surface area contributed by atoms with Gasteiger partial charge in [-0.05, 0) is 13.3 Å². The number of nitrogens with two attached hydrogens (primary N) is 2. The van der Waals surface area contributed by atoms with Crippen LogP contribution >= 0.6 is 0 Å². The molecule has 0 saturated carbocycles. The smallest absolute Gasteiger partial charge is 0.323 e. The molecule has 0 aromatic rings. The Morgan fingerprint density at radius 3 is 2.80 bits per heavy atom. The van der Waals surface area contributed by atoms with Crippen LogP contribution in [0.25, 0.3) is 0 Å². The van der Waals surface area contributed by atoms with Crippen molar-refractivity contribution in [2.45, 2.75) is 24.9 Å². The second-order valence-corrected chi connectivity index (χ2v) is 3.07. The summed E-state index contributed by atoms with van der Waals surface area (Å²) in [6, 6.07) is -0.538. The van der Waals surface area contributed by atoms with Crippen molar-refractivity contribution in [3.8, 4) is 0 Å². The van der Waals surface area contributed by atoms with Crippen LogP contribution in [0.15, 0.2) is 0 Å².